The third kappa shape index (κ3) is 8.70. The number of nitrogens with one attached hydrogen (secondary N) is 2. The number of aliphatic carboxylic acids is 1. The van der Waals surface area contributed by atoms with E-state index in [1.807, 2.05) is 13.8 Å². The van der Waals surface area contributed by atoms with Gasteiger partial charge >= 0.3 is 5.97 Å². The number of tetrazole rings is 1. The number of nitrogens with zero attached hydrogens (tertiary/aromatic N) is 6. The van der Waals surface area contributed by atoms with E-state index in [0.717, 1.165) is 12.8 Å². The minimum Gasteiger partial charge on any atom is -0.480 e. The first-order valence-corrected chi connectivity index (χ1v) is 13.4. The zero-order chi connectivity index (χ0) is 29.1. The van der Waals surface area contributed by atoms with Crippen LogP contribution >= 0.6 is 0 Å². The first-order chi connectivity index (χ1) is 18.5. The van der Waals surface area contributed by atoms with Gasteiger partial charge < -0.3 is 27.2 Å². The number of aromatic nitrogens is 4. The second kappa shape index (κ2) is 15.1. The van der Waals surface area contributed by atoms with Crippen LogP contribution in [0.15, 0.2) is 4.99 Å². The summed E-state index contributed by atoms with van der Waals surface area (Å²) in [6.45, 7) is 6.19. The molecule has 1 fully saturated rings. The molecular weight excluding hydrogens is 508 g/mol. The van der Waals surface area contributed by atoms with Gasteiger partial charge in [0.1, 0.15) is 6.04 Å². The number of carboxylic acids is 1. The Morgan fingerprint density at radius 3 is 2.41 bits per heavy atom. The molecule has 2 heterocycles. The number of ketones is 1. The van der Waals surface area contributed by atoms with Gasteiger partial charge in [-0.3, -0.25) is 24.3 Å². The van der Waals surface area contributed by atoms with Crippen molar-refractivity contribution in [1.82, 2.24) is 30.8 Å². The number of rotatable bonds is 16. The number of aryl methyl sites for hydroxylation is 1. The summed E-state index contributed by atoms with van der Waals surface area (Å²) in [7, 11) is 1.57. The fourth-order valence-electron chi connectivity index (χ4n) is 4.86. The molecule has 15 nitrogen and oxygen atoms in total. The smallest absolute Gasteiger partial charge is 0.326 e. The molecule has 7 N–H and O–H groups in total. The molecule has 1 aliphatic heterocycles. The summed E-state index contributed by atoms with van der Waals surface area (Å²) >= 11 is 0. The Balaban J connectivity index is 2.22. The highest BCUT2D eigenvalue weighted by atomic mass is 16.4. The van der Waals surface area contributed by atoms with E-state index in [0.29, 0.717) is 32.2 Å². The molecule has 0 spiro atoms. The number of hydrogen-bond acceptors (Lipinski definition) is 9. The maximum Gasteiger partial charge on any atom is 0.326 e. The Bertz CT molecular complexity index is 1020. The molecule has 4 atom stereocenters. The van der Waals surface area contributed by atoms with Gasteiger partial charge in [0.25, 0.3) is 5.95 Å². The van der Waals surface area contributed by atoms with Crippen molar-refractivity contribution in [3.8, 4) is 0 Å². The van der Waals surface area contributed by atoms with Crippen LogP contribution in [0, 0.1) is 11.8 Å². The Hall–Kier alpha value is -3.62. The van der Waals surface area contributed by atoms with Gasteiger partial charge in [-0.2, -0.15) is 4.80 Å². The number of carbonyl (C=O) groups excluding carboxylic acids is 3. The number of nitrogens with two attached hydrogens (primary N) is 2. The van der Waals surface area contributed by atoms with Gasteiger partial charge in [0.2, 0.25) is 11.8 Å². The highest BCUT2D eigenvalue weighted by Crippen LogP contribution is 2.26. The third-order valence-corrected chi connectivity index (χ3v) is 6.80. The van der Waals surface area contributed by atoms with Crippen LogP contribution in [-0.4, -0.2) is 86.1 Å². The predicted octanol–water partition coefficient (Wildman–Crippen LogP) is -0.682. The summed E-state index contributed by atoms with van der Waals surface area (Å²) in [5, 5.41) is 27.1. The van der Waals surface area contributed by atoms with Crippen LogP contribution < -0.4 is 27.0 Å². The molecule has 1 aliphatic rings. The summed E-state index contributed by atoms with van der Waals surface area (Å²) in [6, 6.07) is -3.09. The number of Topliss-reactive ketones (excluding diaryl/α,β-unsaturated/α-hetero) is 1. The summed E-state index contributed by atoms with van der Waals surface area (Å²) < 4.78 is 0. The maximum absolute atomic E-state index is 13.8. The summed E-state index contributed by atoms with van der Waals surface area (Å²) in [6.07, 6.45) is 3.70. The molecule has 218 valence electrons. The van der Waals surface area contributed by atoms with Gasteiger partial charge in [0.05, 0.1) is 19.1 Å². The van der Waals surface area contributed by atoms with Gasteiger partial charge in [0.15, 0.2) is 11.7 Å². The molecule has 1 saturated heterocycles. The van der Waals surface area contributed by atoms with Crippen LogP contribution in [0.3, 0.4) is 0 Å². The van der Waals surface area contributed by atoms with Crippen LogP contribution in [0.4, 0.5) is 5.95 Å². The fourth-order valence-corrected chi connectivity index (χ4v) is 4.86. The lowest BCUT2D eigenvalue weighted by Gasteiger charge is -2.31. The Kier molecular flexibility index (Phi) is 12.2. The molecule has 39 heavy (non-hydrogen) atoms. The molecule has 0 aliphatic carbocycles. The van der Waals surface area contributed by atoms with Crippen molar-refractivity contribution >= 4 is 35.5 Å². The van der Waals surface area contributed by atoms with Gasteiger partial charge in [-0.1, -0.05) is 31.8 Å². The second-order valence-electron chi connectivity index (χ2n) is 9.81. The Labute approximate surface area is 228 Å². The number of carboxylic acid groups (broad SMARTS) is 1. The Morgan fingerprint density at radius 1 is 1.21 bits per heavy atom. The number of hydrogen-bond donors (Lipinski definition) is 5. The fraction of sp³-hybridized carbons (Fsp3) is 0.750. The van der Waals surface area contributed by atoms with Crippen molar-refractivity contribution in [1.29, 1.82) is 0 Å². The average molecular weight is 551 g/mol. The summed E-state index contributed by atoms with van der Waals surface area (Å²) in [5.74, 6) is -3.56. The largest absolute Gasteiger partial charge is 0.480 e. The van der Waals surface area contributed by atoms with Crippen molar-refractivity contribution in [2.75, 3.05) is 18.0 Å². The number of guanidine groups is 1. The van der Waals surface area contributed by atoms with E-state index in [1.54, 1.807) is 14.0 Å². The molecule has 2 amide bonds. The first kappa shape index (κ1) is 31.6. The van der Waals surface area contributed by atoms with E-state index in [2.05, 4.69) is 31.0 Å². The quantitative estimate of drug-likeness (QED) is 0.0984. The van der Waals surface area contributed by atoms with E-state index >= 15 is 0 Å². The Morgan fingerprint density at radius 2 is 1.87 bits per heavy atom. The van der Waals surface area contributed by atoms with E-state index in [9.17, 15) is 24.3 Å². The zero-order valence-corrected chi connectivity index (χ0v) is 23.2. The molecule has 0 aromatic carbocycles. The van der Waals surface area contributed by atoms with Crippen LogP contribution in [-0.2, 0) is 26.2 Å². The van der Waals surface area contributed by atoms with E-state index in [4.69, 9.17) is 11.5 Å². The van der Waals surface area contributed by atoms with Gasteiger partial charge in [0, 0.05) is 18.4 Å². The van der Waals surface area contributed by atoms with Crippen LogP contribution in [0.1, 0.15) is 65.7 Å². The van der Waals surface area contributed by atoms with Crippen LogP contribution in [0.2, 0.25) is 0 Å². The number of carbonyl (C=O) groups is 4. The molecule has 15 heteroatoms. The molecule has 1 aromatic rings. The predicted molar refractivity (Wildman–Crippen MR) is 143 cm³/mol. The second-order valence-corrected chi connectivity index (χ2v) is 9.81. The standard InChI is InChI=1S/C24H42N10O5/c1-5-8-15(9-6-2)21(37)34(24-30-32-33(4)31-24)14(3)19(35)16-11-13-27-18(16)20(36)29-17(22(38)39)10-7-12-28-23(25)26/h14-18,27H,5-13H2,1-4H3,(H,29,36)(H,38,39)(H4,25,26,28)/t14?,16?,17-,18-/m0/s1. The molecular formula is C24H42N10O5. The van der Waals surface area contributed by atoms with Gasteiger partial charge in [-0.05, 0) is 50.8 Å². The molecule has 0 radical (unpaired) electrons. The van der Waals surface area contributed by atoms with E-state index < -0.39 is 35.9 Å². The van der Waals surface area contributed by atoms with Crippen molar-refractivity contribution < 1.29 is 24.3 Å². The minimum atomic E-state index is -1.20. The number of anilines is 1. The van der Waals surface area contributed by atoms with Crippen molar-refractivity contribution in [3.63, 3.8) is 0 Å². The molecule has 2 unspecified atom stereocenters. The average Bonchev–Trinajstić information content (AvgIpc) is 3.54. The lowest BCUT2D eigenvalue weighted by atomic mass is 9.89. The minimum absolute atomic E-state index is 0.0271. The third-order valence-electron chi connectivity index (χ3n) is 6.80. The molecule has 0 bridgehead atoms. The van der Waals surface area contributed by atoms with Gasteiger partial charge in [-0.15, -0.1) is 5.10 Å². The first-order valence-electron chi connectivity index (χ1n) is 13.4. The normalized spacial score (nSPS) is 18.4. The van der Waals surface area contributed by atoms with Crippen LogP contribution in [0.5, 0.6) is 0 Å². The number of amides is 2. The van der Waals surface area contributed by atoms with Gasteiger partial charge in [-0.25, -0.2) is 4.79 Å². The monoisotopic (exact) mass is 550 g/mol. The maximum atomic E-state index is 13.8. The summed E-state index contributed by atoms with van der Waals surface area (Å²) in [5.41, 5.74) is 10.6. The SMILES string of the molecule is CCCC(CCC)C(=O)N(c1nnn(C)n1)C(C)C(=O)C1CCN[C@@H]1C(=O)N[C@@H](CCCN=C(N)N)C(=O)O. The molecule has 1 aromatic heterocycles. The lowest BCUT2D eigenvalue weighted by molar-refractivity contribution is -0.142. The lowest BCUT2D eigenvalue weighted by Crippen LogP contribution is -2.54. The summed E-state index contributed by atoms with van der Waals surface area (Å²) in [4.78, 5) is 58.6. The van der Waals surface area contributed by atoms with E-state index in [-0.39, 0.29) is 42.5 Å². The topological polar surface area (TPSA) is 224 Å². The van der Waals surface area contributed by atoms with Crippen molar-refractivity contribution in [2.45, 2.75) is 83.8 Å². The molecule has 2 rings (SSSR count). The highest BCUT2D eigenvalue weighted by Gasteiger charge is 2.43. The highest BCUT2D eigenvalue weighted by molar-refractivity contribution is 6.03. The van der Waals surface area contributed by atoms with Crippen LogP contribution in [0.25, 0.3) is 0 Å². The van der Waals surface area contributed by atoms with Crippen molar-refractivity contribution in [2.24, 2.45) is 35.3 Å². The van der Waals surface area contributed by atoms with E-state index in [1.165, 1.54) is 9.70 Å². The molecule has 0 saturated carbocycles. The number of aliphatic imine (C=N–C) groups is 1. The zero-order valence-electron chi connectivity index (χ0n) is 23.2. The van der Waals surface area contributed by atoms with Crippen molar-refractivity contribution in [3.05, 3.63) is 0 Å².